The molecule has 160 valence electrons. The molecule has 14 heteroatoms. The maximum Gasteiger partial charge on any atom is 0.460 e. The second-order valence-electron chi connectivity index (χ2n) is 5.81. The molecule has 1 aliphatic rings. The molecule has 1 aromatic carbocycles. The van der Waals surface area contributed by atoms with E-state index in [4.69, 9.17) is 5.21 Å². The molecule has 0 heterocycles. The number of rotatable bonds is 4. The van der Waals surface area contributed by atoms with E-state index in [1.54, 1.807) is 0 Å². The second-order valence-corrected chi connectivity index (χ2v) is 5.81. The van der Waals surface area contributed by atoms with Crippen molar-refractivity contribution in [3.8, 4) is 0 Å². The number of oxime groups is 1. The van der Waals surface area contributed by atoms with Crippen LogP contribution in [0.15, 0.2) is 34.5 Å². The number of hydrazone groups is 1. The molecule has 0 saturated carbocycles. The Morgan fingerprint density at radius 2 is 1.34 bits per heavy atom. The zero-order chi connectivity index (χ0) is 22.3. The van der Waals surface area contributed by atoms with Crippen LogP contribution in [-0.4, -0.2) is 46.5 Å². The lowest BCUT2D eigenvalue weighted by Crippen LogP contribution is -2.65. The number of carbonyl (C=O) groups excluding carboxylic acids is 1. The van der Waals surface area contributed by atoms with E-state index < -0.39 is 29.9 Å². The van der Waals surface area contributed by atoms with Gasteiger partial charge in [-0.25, -0.2) is 5.43 Å². The van der Waals surface area contributed by atoms with Crippen LogP contribution in [0.2, 0.25) is 0 Å². The summed E-state index contributed by atoms with van der Waals surface area (Å²) >= 11 is 0. The summed E-state index contributed by atoms with van der Waals surface area (Å²) in [4.78, 5) is 11.3. The molecule has 0 unspecified atom stereocenters. The van der Waals surface area contributed by atoms with E-state index in [-0.39, 0.29) is 35.4 Å². The summed E-state index contributed by atoms with van der Waals surface area (Å²) in [5.41, 5.74) is 1.29. The van der Waals surface area contributed by atoms with Crippen molar-refractivity contribution in [3.63, 3.8) is 0 Å². The number of benzene rings is 1. The highest BCUT2D eigenvalue weighted by Gasteiger charge is 2.83. The van der Waals surface area contributed by atoms with E-state index in [9.17, 15) is 44.3 Å². The van der Waals surface area contributed by atoms with Crippen molar-refractivity contribution in [3.05, 3.63) is 35.4 Å². The van der Waals surface area contributed by atoms with Crippen molar-refractivity contribution in [1.29, 1.82) is 0 Å². The Hall–Kier alpha value is -2.80. The van der Waals surface area contributed by atoms with Crippen molar-refractivity contribution in [2.75, 3.05) is 0 Å². The SMILES string of the molecule is O=C(N/N=C1\CC/C(=N/O)c2ccccc21)C(F)(F)C(F)(F)C(F)(F)C(F)(F)F. The third-order valence-electron chi connectivity index (χ3n) is 3.99. The summed E-state index contributed by atoms with van der Waals surface area (Å²) in [6.07, 6.45) is -7.19. The Kier molecular flexibility index (Phi) is 5.60. The average molecular weight is 435 g/mol. The summed E-state index contributed by atoms with van der Waals surface area (Å²) in [5.74, 6) is -23.9. The van der Waals surface area contributed by atoms with Gasteiger partial charge in [-0.1, -0.05) is 29.4 Å². The Balaban J connectivity index is 2.33. The molecule has 0 bridgehead atoms. The van der Waals surface area contributed by atoms with Crippen molar-refractivity contribution < 1.29 is 49.5 Å². The molecule has 0 aliphatic heterocycles. The predicted molar refractivity (Wildman–Crippen MR) is 79.6 cm³/mol. The monoisotopic (exact) mass is 435 g/mol. The number of nitrogens with zero attached hydrogens (tertiary/aromatic N) is 2. The van der Waals surface area contributed by atoms with E-state index in [2.05, 4.69) is 10.3 Å². The van der Waals surface area contributed by atoms with Gasteiger partial charge in [0.15, 0.2) is 0 Å². The molecule has 29 heavy (non-hydrogen) atoms. The fourth-order valence-corrected chi connectivity index (χ4v) is 2.42. The van der Waals surface area contributed by atoms with E-state index in [0.29, 0.717) is 0 Å². The summed E-state index contributed by atoms with van der Waals surface area (Å²) < 4.78 is 115. The molecule has 2 N–H and O–H groups in total. The van der Waals surface area contributed by atoms with Crippen LogP contribution in [-0.2, 0) is 4.79 Å². The van der Waals surface area contributed by atoms with Gasteiger partial charge in [0.2, 0.25) is 0 Å². The Morgan fingerprint density at radius 1 is 0.862 bits per heavy atom. The van der Waals surface area contributed by atoms with Crippen LogP contribution in [0.25, 0.3) is 0 Å². The smallest absolute Gasteiger partial charge is 0.411 e. The molecule has 0 aromatic heterocycles. The van der Waals surface area contributed by atoms with E-state index in [0.717, 1.165) is 5.43 Å². The van der Waals surface area contributed by atoms with Crippen molar-refractivity contribution in [2.45, 2.75) is 36.8 Å². The van der Waals surface area contributed by atoms with Gasteiger partial charge in [-0.3, -0.25) is 4.79 Å². The summed E-state index contributed by atoms with van der Waals surface area (Å²) in [5, 5.41) is 15.1. The van der Waals surface area contributed by atoms with Crippen LogP contribution < -0.4 is 5.43 Å². The number of hydrogen-bond acceptors (Lipinski definition) is 4. The number of amides is 1. The molecule has 0 fully saturated rings. The first-order valence-electron chi connectivity index (χ1n) is 7.56. The molecule has 0 atom stereocenters. The van der Waals surface area contributed by atoms with Crippen LogP contribution in [0.1, 0.15) is 24.0 Å². The minimum atomic E-state index is -7.18. The van der Waals surface area contributed by atoms with E-state index in [1.807, 2.05) is 0 Å². The van der Waals surface area contributed by atoms with E-state index in [1.165, 1.54) is 24.3 Å². The van der Waals surface area contributed by atoms with Gasteiger partial charge in [0.05, 0.1) is 11.4 Å². The van der Waals surface area contributed by atoms with Crippen LogP contribution in [0.5, 0.6) is 0 Å². The number of carbonyl (C=O) groups is 1. The van der Waals surface area contributed by atoms with E-state index >= 15 is 0 Å². The molecule has 0 saturated heterocycles. The topological polar surface area (TPSA) is 74.0 Å². The highest BCUT2D eigenvalue weighted by molar-refractivity contribution is 6.17. The van der Waals surface area contributed by atoms with Crippen molar-refractivity contribution >= 4 is 17.3 Å². The lowest BCUT2D eigenvalue weighted by Gasteiger charge is -2.32. The molecule has 1 aliphatic carbocycles. The highest BCUT2D eigenvalue weighted by atomic mass is 19.4. The second kappa shape index (κ2) is 7.22. The molecular weight excluding hydrogens is 425 g/mol. The minimum absolute atomic E-state index is 0.0130. The Bertz CT molecular complexity index is 863. The fraction of sp³-hybridized carbons (Fsp3) is 0.400. The van der Waals surface area contributed by atoms with Gasteiger partial charge < -0.3 is 5.21 Å². The van der Waals surface area contributed by atoms with Crippen LogP contribution in [0.4, 0.5) is 39.5 Å². The summed E-state index contributed by atoms with van der Waals surface area (Å²) in [6, 6.07) is 5.70. The first kappa shape index (κ1) is 22.5. The predicted octanol–water partition coefficient (Wildman–Crippen LogP) is 3.95. The molecule has 0 radical (unpaired) electrons. The minimum Gasteiger partial charge on any atom is -0.411 e. The number of alkyl halides is 9. The third kappa shape index (κ3) is 3.62. The van der Waals surface area contributed by atoms with Crippen molar-refractivity contribution in [1.82, 2.24) is 5.43 Å². The van der Waals surface area contributed by atoms with Crippen LogP contribution in [0.3, 0.4) is 0 Å². The Morgan fingerprint density at radius 3 is 1.83 bits per heavy atom. The first-order valence-corrected chi connectivity index (χ1v) is 7.56. The fourth-order valence-electron chi connectivity index (χ4n) is 2.42. The Labute approximate surface area is 155 Å². The zero-order valence-electron chi connectivity index (χ0n) is 13.9. The van der Waals surface area contributed by atoms with Gasteiger partial charge in [-0.05, 0) is 12.8 Å². The van der Waals surface area contributed by atoms with Gasteiger partial charge in [-0.2, -0.15) is 44.6 Å². The molecule has 2 rings (SSSR count). The lowest BCUT2D eigenvalue weighted by atomic mass is 9.88. The maximum absolute atomic E-state index is 13.5. The van der Waals surface area contributed by atoms with Crippen LogP contribution in [0, 0.1) is 0 Å². The molecular formula is C15H10F9N3O2. The molecule has 0 spiro atoms. The lowest BCUT2D eigenvalue weighted by molar-refractivity contribution is -0.388. The molecule has 5 nitrogen and oxygen atoms in total. The van der Waals surface area contributed by atoms with Gasteiger partial charge in [0, 0.05) is 11.1 Å². The van der Waals surface area contributed by atoms with Gasteiger partial charge in [-0.15, -0.1) is 0 Å². The number of nitrogens with one attached hydrogen (secondary N) is 1. The molecule has 1 aromatic rings. The number of fused-ring (bicyclic) bond motifs is 1. The number of halogens is 9. The maximum atomic E-state index is 13.5. The quantitative estimate of drug-likeness (QED) is 0.427. The highest BCUT2D eigenvalue weighted by Crippen LogP contribution is 2.53. The van der Waals surface area contributed by atoms with Crippen molar-refractivity contribution in [2.24, 2.45) is 10.3 Å². The normalized spacial score (nSPS) is 18.7. The summed E-state index contributed by atoms with van der Waals surface area (Å²) in [7, 11) is 0. The van der Waals surface area contributed by atoms with Gasteiger partial charge >= 0.3 is 29.9 Å². The first-order chi connectivity index (χ1) is 13.2. The van der Waals surface area contributed by atoms with Crippen LogP contribution >= 0.6 is 0 Å². The largest absolute Gasteiger partial charge is 0.460 e. The van der Waals surface area contributed by atoms with Gasteiger partial charge in [0.25, 0.3) is 0 Å². The third-order valence-corrected chi connectivity index (χ3v) is 3.99. The zero-order valence-corrected chi connectivity index (χ0v) is 13.9. The summed E-state index contributed by atoms with van der Waals surface area (Å²) in [6.45, 7) is 0. The molecule has 1 amide bonds. The van der Waals surface area contributed by atoms with Gasteiger partial charge in [0.1, 0.15) is 0 Å². The number of hydrogen-bond donors (Lipinski definition) is 2. The standard InChI is InChI=1S/C15H10F9N3O2/c16-12(17,13(18,19)14(20,21)15(22,23)24)11(28)26-25-9-5-6-10(27-29)8-4-2-1-3-7(8)9/h1-4,29H,5-6H2,(H,26,28)/b25-9+,27-10-. The average Bonchev–Trinajstić information content (AvgIpc) is 2.64.